The highest BCUT2D eigenvalue weighted by Crippen LogP contribution is 2.25. The van der Waals surface area contributed by atoms with Gasteiger partial charge >= 0.3 is 0 Å². The number of rotatable bonds is 3. The minimum Gasteiger partial charge on any atom is -0.482 e. The Morgan fingerprint density at radius 2 is 2.00 bits per heavy atom. The number of anilines is 1. The molecular weight excluding hydrogens is 320 g/mol. The molecule has 0 fully saturated rings. The second kappa shape index (κ2) is 5.48. The van der Waals surface area contributed by atoms with Crippen LogP contribution in [0.25, 0.3) is 0 Å². The van der Waals surface area contributed by atoms with Crippen LogP contribution in [0.4, 0.5) is 14.6 Å². The van der Waals surface area contributed by atoms with Crippen LogP contribution in [-0.2, 0) is 6.61 Å². The molecule has 0 aliphatic carbocycles. The zero-order valence-electron chi connectivity index (χ0n) is 9.95. The summed E-state index contributed by atoms with van der Waals surface area (Å²) in [5.41, 5.74) is 6.23. The fourth-order valence-corrected chi connectivity index (χ4v) is 1.91. The van der Waals surface area contributed by atoms with Gasteiger partial charge in [-0.3, -0.25) is 0 Å². The number of aromatic nitrogens is 2. The average molecular weight is 330 g/mol. The zero-order valence-corrected chi connectivity index (χ0v) is 11.5. The van der Waals surface area contributed by atoms with Gasteiger partial charge in [0.25, 0.3) is 0 Å². The summed E-state index contributed by atoms with van der Waals surface area (Å²) in [5.74, 6) is -1.65. The first-order chi connectivity index (χ1) is 8.95. The minimum atomic E-state index is -1.05. The van der Waals surface area contributed by atoms with Crippen molar-refractivity contribution in [1.82, 2.24) is 9.97 Å². The highest BCUT2D eigenvalue weighted by molar-refractivity contribution is 9.10. The summed E-state index contributed by atoms with van der Waals surface area (Å²) >= 11 is 3.06. The maximum absolute atomic E-state index is 13.5. The van der Waals surface area contributed by atoms with E-state index in [1.165, 1.54) is 6.07 Å². The molecule has 1 heterocycles. The number of nitrogens with two attached hydrogens (primary N) is 1. The topological polar surface area (TPSA) is 61.0 Å². The Labute approximate surface area is 116 Å². The molecule has 0 aliphatic heterocycles. The summed E-state index contributed by atoms with van der Waals surface area (Å²) in [6.45, 7) is 1.65. The predicted molar refractivity (Wildman–Crippen MR) is 69.6 cm³/mol. The first-order valence-corrected chi connectivity index (χ1v) is 6.12. The van der Waals surface area contributed by atoms with Gasteiger partial charge in [-0.15, -0.1) is 0 Å². The van der Waals surface area contributed by atoms with Gasteiger partial charge in [0.05, 0.1) is 0 Å². The van der Waals surface area contributed by atoms with Gasteiger partial charge in [-0.2, -0.15) is 4.39 Å². The molecule has 2 aromatic rings. The molecule has 2 rings (SSSR count). The van der Waals surface area contributed by atoms with Crippen molar-refractivity contribution in [2.24, 2.45) is 0 Å². The van der Waals surface area contributed by atoms with E-state index < -0.39 is 11.6 Å². The first kappa shape index (κ1) is 13.7. The van der Waals surface area contributed by atoms with Crippen molar-refractivity contribution in [3.8, 4) is 5.75 Å². The van der Waals surface area contributed by atoms with Gasteiger partial charge in [0.15, 0.2) is 17.4 Å². The van der Waals surface area contributed by atoms with Gasteiger partial charge in [0.1, 0.15) is 12.4 Å². The Hall–Kier alpha value is -1.76. The smallest absolute Gasteiger partial charge is 0.200 e. The van der Waals surface area contributed by atoms with Gasteiger partial charge in [0, 0.05) is 16.2 Å². The molecule has 19 heavy (non-hydrogen) atoms. The summed E-state index contributed by atoms with van der Waals surface area (Å²) < 4.78 is 32.2. The second-order valence-corrected chi connectivity index (χ2v) is 4.75. The summed E-state index contributed by atoms with van der Waals surface area (Å²) in [4.78, 5) is 8.02. The Bertz CT molecular complexity index is 602. The average Bonchev–Trinajstić information content (AvgIpc) is 2.30. The van der Waals surface area contributed by atoms with E-state index in [0.29, 0.717) is 21.8 Å². The number of aryl methyl sites for hydroxylation is 1. The number of hydrogen-bond acceptors (Lipinski definition) is 4. The maximum atomic E-state index is 13.5. The molecule has 0 bridgehead atoms. The Morgan fingerprint density at radius 3 is 2.68 bits per heavy atom. The van der Waals surface area contributed by atoms with Crippen LogP contribution < -0.4 is 10.5 Å². The van der Waals surface area contributed by atoms with Gasteiger partial charge in [-0.25, -0.2) is 14.4 Å². The van der Waals surface area contributed by atoms with Crippen molar-refractivity contribution in [1.29, 1.82) is 0 Å². The molecule has 1 aromatic heterocycles. The van der Waals surface area contributed by atoms with E-state index in [1.807, 2.05) is 0 Å². The molecule has 0 radical (unpaired) electrons. The number of benzene rings is 1. The SMILES string of the molecule is Cc1cc(N)nc(COc2cc(Br)cc(F)c2F)n1. The standard InChI is InChI=1S/C12H10BrF2N3O/c1-6-2-10(16)18-11(17-6)5-19-9-4-7(13)3-8(14)12(9)15/h2-4H,5H2,1H3,(H2,16,17,18). The van der Waals surface area contributed by atoms with E-state index in [4.69, 9.17) is 10.5 Å². The summed E-state index contributed by atoms with van der Waals surface area (Å²) in [6.07, 6.45) is 0. The third-order valence-corrected chi connectivity index (χ3v) is 2.69. The van der Waals surface area contributed by atoms with Crippen molar-refractivity contribution in [3.05, 3.63) is 45.8 Å². The Morgan fingerprint density at radius 1 is 1.26 bits per heavy atom. The van der Waals surface area contributed by atoms with Gasteiger partial charge < -0.3 is 10.5 Å². The lowest BCUT2D eigenvalue weighted by molar-refractivity contribution is 0.275. The molecule has 0 unspecified atom stereocenters. The molecule has 0 saturated heterocycles. The fraction of sp³-hybridized carbons (Fsp3) is 0.167. The fourth-order valence-electron chi connectivity index (χ4n) is 1.50. The van der Waals surface area contributed by atoms with Crippen LogP contribution in [0.2, 0.25) is 0 Å². The number of nitrogen functional groups attached to an aromatic ring is 1. The number of nitrogens with zero attached hydrogens (tertiary/aromatic N) is 2. The zero-order chi connectivity index (χ0) is 14.0. The highest BCUT2D eigenvalue weighted by atomic mass is 79.9. The Kier molecular flexibility index (Phi) is 3.94. The molecule has 2 N–H and O–H groups in total. The molecule has 4 nitrogen and oxygen atoms in total. The van der Waals surface area contributed by atoms with Crippen molar-refractivity contribution < 1.29 is 13.5 Å². The van der Waals surface area contributed by atoms with Crippen molar-refractivity contribution in [2.75, 3.05) is 5.73 Å². The summed E-state index contributed by atoms with van der Waals surface area (Å²) in [5, 5.41) is 0. The monoisotopic (exact) mass is 329 g/mol. The third-order valence-electron chi connectivity index (χ3n) is 2.24. The lowest BCUT2D eigenvalue weighted by Gasteiger charge is -2.08. The number of ether oxygens (including phenoxy) is 1. The molecule has 0 aliphatic rings. The van der Waals surface area contributed by atoms with Crippen LogP contribution in [0, 0.1) is 18.6 Å². The molecule has 7 heteroatoms. The van der Waals surface area contributed by atoms with Crippen LogP contribution in [0.15, 0.2) is 22.7 Å². The predicted octanol–water partition coefficient (Wildman–Crippen LogP) is 2.99. The summed E-state index contributed by atoms with van der Waals surface area (Å²) in [7, 11) is 0. The van der Waals surface area contributed by atoms with Crippen LogP contribution >= 0.6 is 15.9 Å². The van der Waals surface area contributed by atoms with Gasteiger partial charge in [0.2, 0.25) is 5.82 Å². The molecular formula is C12H10BrF2N3O. The lowest BCUT2D eigenvalue weighted by atomic mass is 10.3. The molecule has 100 valence electrons. The van der Waals surface area contributed by atoms with Crippen LogP contribution in [0.1, 0.15) is 11.5 Å². The molecule has 0 saturated carbocycles. The first-order valence-electron chi connectivity index (χ1n) is 5.33. The van der Waals surface area contributed by atoms with Crippen LogP contribution in [0.3, 0.4) is 0 Å². The molecule has 0 amide bonds. The number of hydrogen-bond donors (Lipinski definition) is 1. The largest absolute Gasteiger partial charge is 0.482 e. The van der Waals surface area contributed by atoms with Crippen LogP contribution in [-0.4, -0.2) is 9.97 Å². The number of halogens is 3. The van der Waals surface area contributed by atoms with Crippen molar-refractivity contribution in [3.63, 3.8) is 0 Å². The van der Waals surface area contributed by atoms with E-state index in [-0.39, 0.29) is 12.4 Å². The van der Waals surface area contributed by atoms with E-state index >= 15 is 0 Å². The minimum absolute atomic E-state index is 0.0985. The normalized spacial score (nSPS) is 10.5. The molecule has 0 atom stereocenters. The van der Waals surface area contributed by atoms with E-state index in [0.717, 1.165) is 6.07 Å². The lowest BCUT2D eigenvalue weighted by Crippen LogP contribution is -2.06. The third kappa shape index (κ3) is 3.37. The molecule has 0 spiro atoms. The summed E-state index contributed by atoms with van der Waals surface area (Å²) in [6, 6.07) is 3.95. The van der Waals surface area contributed by atoms with E-state index in [9.17, 15) is 8.78 Å². The van der Waals surface area contributed by atoms with Crippen molar-refractivity contribution in [2.45, 2.75) is 13.5 Å². The van der Waals surface area contributed by atoms with Crippen LogP contribution in [0.5, 0.6) is 5.75 Å². The van der Waals surface area contributed by atoms with Gasteiger partial charge in [-0.05, 0) is 19.1 Å². The highest BCUT2D eigenvalue weighted by Gasteiger charge is 2.12. The van der Waals surface area contributed by atoms with E-state index in [1.54, 1.807) is 13.0 Å². The molecule has 1 aromatic carbocycles. The maximum Gasteiger partial charge on any atom is 0.200 e. The second-order valence-electron chi connectivity index (χ2n) is 3.84. The quantitative estimate of drug-likeness (QED) is 0.879. The van der Waals surface area contributed by atoms with Gasteiger partial charge in [-0.1, -0.05) is 15.9 Å². The van der Waals surface area contributed by atoms with Crippen molar-refractivity contribution >= 4 is 21.7 Å². The Balaban J connectivity index is 2.19. The van der Waals surface area contributed by atoms with E-state index in [2.05, 4.69) is 25.9 Å².